The van der Waals surface area contributed by atoms with Gasteiger partial charge in [0.25, 0.3) is 0 Å². The third kappa shape index (κ3) is 5.96. The molecule has 0 aromatic heterocycles. The zero-order chi connectivity index (χ0) is 18.2. The number of hydrogen-bond donors (Lipinski definition) is 4. The van der Waals surface area contributed by atoms with Crippen molar-refractivity contribution in [2.24, 2.45) is 0 Å². The van der Waals surface area contributed by atoms with E-state index in [4.69, 9.17) is 4.74 Å². The summed E-state index contributed by atoms with van der Waals surface area (Å²) in [7, 11) is 1.47. The number of aliphatic hydroxyl groups excluding tert-OH is 2. The molecule has 0 aliphatic rings. The molecular formula is C20H26O5. The molecule has 5 nitrogen and oxygen atoms in total. The third-order valence-corrected chi connectivity index (χ3v) is 4.28. The molecule has 0 saturated heterocycles. The summed E-state index contributed by atoms with van der Waals surface area (Å²) in [6, 6.07) is 12.0. The van der Waals surface area contributed by atoms with Crippen LogP contribution in [0.4, 0.5) is 0 Å². The molecule has 0 saturated carbocycles. The summed E-state index contributed by atoms with van der Waals surface area (Å²) in [5.41, 5.74) is 1.94. The van der Waals surface area contributed by atoms with Gasteiger partial charge in [0.1, 0.15) is 5.75 Å². The van der Waals surface area contributed by atoms with Crippen LogP contribution in [-0.4, -0.2) is 39.7 Å². The minimum Gasteiger partial charge on any atom is -0.508 e. The molecular weight excluding hydrogens is 320 g/mol. The second-order valence-electron chi connectivity index (χ2n) is 6.26. The van der Waals surface area contributed by atoms with Crippen molar-refractivity contribution in [2.75, 3.05) is 7.11 Å². The Balaban J connectivity index is 1.74. The molecule has 0 heterocycles. The first-order valence-electron chi connectivity index (χ1n) is 8.49. The molecule has 2 unspecified atom stereocenters. The summed E-state index contributed by atoms with van der Waals surface area (Å²) >= 11 is 0. The fourth-order valence-corrected chi connectivity index (χ4v) is 2.76. The molecule has 2 aromatic rings. The molecule has 0 fully saturated rings. The van der Waals surface area contributed by atoms with Gasteiger partial charge >= 0.3 is 0 Å². The monoisotopic (exact) mass is 346 g/mol. The van der Waals surface area contributed by atoms with Crippen molar-refractivity contribution >= 4 is 0 Å². The summed E-state index contributed by atoms with van der Waals surface area (Å²) in [5, 5.41) is 39.1. The van der Waals surface area contributed by atoms with Crippen molar-refractivity contribution in [3.8, 4) is 17.2 Å². The van der Waals surface area contributed by atoms with E-state index in [0.717, 1.165) is 30.4 Å². The molecule has 2 atom stereocenters. The van der Waals surface area contributed by atoms with Gasteiger partial charge in [-0.15, -0.1) is 0 Å². The van der Waals surface area contributed by atoms with E-state index < -0.39 is 12.2 Å². The van der Waals surface area contributed by atoms with Crippen molar-refractivity contribution in [1.29, 1.82) is 0 Å². The summed E-state index contributed by atoms with van der Waals surface area (Å²) in [4.78, 5) is 0. The van der Waals surface area contributed by atoms with E-state index in [1.807, 2.05) is 12.1 Å². The number of aliphatic hydroxyl groups is 2. The highest BCUT2D eigenvalue weighted by Crippen LogP contribution is 2.27. The molecule has 0 spiro atoms. The molecule has 0 bridgehead atoms. The van der Waals surface area contributed by atoms with Gasteiger partial charge in [0, 0.05) is 6.42 Å². The Labute approximate surface area is 148 Å². The molecule has 0 amide bonds. The van der Waals surface area contributed by atoms with E-state index >= 15 is 0 Å². The van der Waals surface area contributed by atoms with E-state index in [2.05, 4.69) is 0 Å². The van der Waals surface area contributed by atoms with Gasteiger partial charge in [-0.3, -0.25) is 0 Å². The summed E-state index contributed by atoms with van der Waals surface area (Å²) < 4.78 is 5.05. The molecule has 25 heavy (non-hydrogen) atoms. The van der Waals surface area contributed by atoms with Gasteiger partial charge in [-0.05, 0) is 54.7 Å². The highest BCUT2D eigenvalue weighted by Gasteiger charge is 2.17. The fourth-order valence-electron chi connectivity index (χ4n) is 2.76. The number of phenolic OH excluding ortho intramolecular Hbond substituents is 2. The molecule has 0 radical (unpaired) electrons. The van der Waals surface area contributed by atoms with Crippen LogP contribution in [0, 0.1) is 0 Å². The zero-order valence-electron chi connectivity index (χ0n) is 14.4. The number of benzene rings is 2. The molecule has 136 valence electrons. The SMILES string of the molecule is COc1cc(CC(O)C(O)CCCCc2ccc(O)cc2)ccc1O. The largest absolute Gasteiger partial charge is 0.508 e. The maximum Gasteiger partial charge on any atom is 0.160 e. The van der Waals surface area contributed by atoms with Crippen LogP contribution in [0.5, 0.6) is 17.2 Å². The first kappa shape index (κ1) is 19.1. The lowest BCUT2D eigenvalue weighted by Crippen LogP contribution is -2.28. The van der Waals surface area contributed by atoms with Gasteiger partial charge in [0.15, 0.2) is 11.5 Å². The second-order valence-corrected chi connectivity index (χ2v) is 6.26. The van der Waals surface area contributed by atoms with Crippen molar-refractivity contribution in [3.05, 3.63) is 53.6 Å². The van der Waals surface area contributed by atoms with Crippen LogP contribution < -0.4 is 4.74 Å². The molecule has 4 N–H and O–H groups in total. The Morgan fingerprint density at radius 1 is 0.880 bits per heavy atom. The Morgan fingerprint density at radius 3 is 2.24 bits per heavy atom. The highest BCUT2D eigenvalue weighted by molar-refractivity contribution is 5.41. The van der Waals surface area contributed by atoms with E-state index in [9.17, 15) is 20.4 Å². The summed E-state index contributed by atoms with van der Waals surface area (Å²) in [6.07, 6.45) is 1.75. The zero-order valence-corrected chi connectivity index (χ0v) is 14.4. The van der Waals surface area contributed by atoms with Crippen molar-refractivity contribution in [1.82, 2.24) is 0 Å². The number of phenols is 2. The Morgan fingerprint density at radius 2 is 1.56 bits per heavy atom. The molecule has 5 heteroatoms. The fraction of sp³-hybridized carbons (Fsp3) is 0.400. The first-order chi connectivity index (χ1) is 12.0. The van der Waals surface area contributed by atoms with Crippen molar-refractivity contribution in [3.63, 3.8) is 0 Å². The first-order valence-corrected chi connectivity index (χ1v) is 8.49. The maximum atomic E-state index is 10.2. The molecule has 0 aliphatic carbocycles. The van der Waals surface area contributed by atoms with Gasteiger partial charge in [-0.1, -0.05) is 24.6 Å². The Bertz CT molecular complexity index is 654. The lowest BCUT2D eigenvalue weighted by atomic mass is 9.98. The standard InChI is InChI=1S/C20H26O5/c1-25-20-13-15(8-11-18(20)23)12-19(24)17(22)5-3-2-4-14-6-9-16(21)10-7-14/h6-11,13,17,19,21-24H,2-5,12H2,1H3. The average Bonchev–Trinajstić information content (AvgIpc) is 2.61. The van der Waals surface area contributed by atoms with E-state index in [0.29, 0.717) is 18.6 Å². The molecule has 0 aliphatic heterocycles. The smallest absolute Gasteiger partial charge is 0.160 e. The normalized spacial score (nSPS) is 13.4. The topological polar surface area (TPSA) is 90.2 Å². The van der Waals surface area contributed by atoms with E-state index in [1.165, 1.54) is 13.2 Å². The maximum absolute atomic E-state index is 10.2. The number of rotatable bonds is 9. The predicted octanol–water partition coefficient (Wildman–Crippen LogP) is 2.78. The Kier molecular flexibility index (Phi) is 7.10. The Hall–Kier alpha value is -2.24. The molecule has 2 aromatic carbocycles. The van der Waals surface area contributed by atoms with Gasteiger partial charge in [0.2, 0.25) is 0 Å². The number of ether oxygens (including phenoxy) is 1. The van der Waals surface area contributed by atoms with Crippen LogP contribution in [0.2, 0.25) is 0 Å². The van der Waals surface area contributed by atoms with Crippen LogP contribution in [0.3, 0.4) is 0 Å². The number of methoxy groups -OCH3 is 1. The van der Waals surface area contributed by atoms with Gasteiger partial charge in [-0.2, -0.15) is 0 Å². The second kappa shape index (κ2) is 9.30. The van der Waals surface area contributed by atoms with Crippen LogP contribution in [0.15, 0.2) is 42.5 Å². The number of hydrogen-bond acceptors (Lipinski definition) is 5. The van der Waals surface area contributed by atoms with Crippen molar-refractivity contribution < 1.29 is 25.2 Å². The van der Waals surface area contributed by atoms with E-state index in [1.54, 1.807) is 24.3 Å². The van der Waals surface area contributed by atoms with Gasteiger partial charge < -0.3 is 25.2 Å². The molecule has 2 rings (SSSR count). The van der Waals surface area contributed by atoms with Crippen LogP contribution in [-0.2, 0) is 12.8 Å². The van der Waals surface area contributed by atoms with Crippen LogP contribution in [0.1, 0.15) is 30.4 Å². The van der Waals surface area contributed by atoms with Gasteiger partial charge in [-0.25, -0.2) is 0 Å². The van der Waals surface area contributed by atoms with E-state index in [-0.39, 0.29) is 11.5 Å². The minimum atomic E-state index is -0.858. The lowest BCUT2D eigenvalue weighted by Gasteiger charge is -2.18. The van der Waals surface area contributed by atoms with Crippen LogP contribution >= 0.6 is 0 Å². The number of aromatic hydroxyl groups is 2. The van der Waals surface area contributed by atoms with Gasteiger partial charge in [0.05, 0.1) is 19.3 Å². The average molecular weight is 346 g/mol. The predicted molar refractivity (Wildman–Crippen MR) is 96.0 cm³/mol. The summed E-state index contributed by atoms with van der Waals surface area (Å²) in [5.74, 6) is 0.664. The highest BCUT2D eigenvalue weighted by atomic mass is 16.5. The summed E-state index contributed by atoms with van der Waals surface area (Å²) in [6.45, 7) is 0. The lowest BCUT2D eigenvalue weighted by molar-refractivity contribution is 0.0138. The number of aryl methyl sites for hydroxylation is 1. The minimum absolute atomic E-state index is 0.0514. The third-order valence-electron chi connectivity index (χ3n) is 4.28. The van der Waals surface area contributed by atoms with Crippen LogP contribution in [0.25, 0.3) is 0 Å². The van der Waals surface area contributed by atoms with Crippen molar-refractivity contribution in [2.45, 2.75) is 44.3 Å². The number of unbranched alkanes of at least 4 members (excludes halogenated alkanes) is 1. The quantitative estimate of drug-likeness (QED) is 0.524.